The van der Waals surface area contributed by atoms with Crippen molar-refractivity contribution in [1.29, 1.82) is 0 Å². The number of nitrogens with zero attached hydrogens (tertiary/aromatic N) is 1. The molecule has 1 aromatic carbocycles. The lowest BCUT2D eigenvalue weighted by Gasteiger charge is -2.03. The average molecular weight is 221 g/mol. The van der Waals surface area contributed by atoms with Crippen molar-refractivity contribution in [1.82, 2.24) is 4.98 Å². The molecular formula is C11H11NO2S. The van der Waals surface area contributed by atoms with Gasteiger partial charge in [0.05, 0.1) is 4.90 Å². The van der Waals surface area contributed by atoms with Crippen LogP contribution in [0.2, 0.25) is 0 Å². The third-order valence-electron chi connectivity index (χ3n) is 2.36. The summed E-state index contributed by atoms with van der Waals surface area (Å²) in [6.07, 6.45) is 2.93. The van der Waals surface area contributed by atoms with E-state index in [4.69, 9.17) is 0 Å². The molecule has 78 valence electrons. The number of hydrogen-bond donors (Lipinski definition) is 0. The van der Waals surface area contributed by atoms with E-state index in [1.165, 1.54) is 6.26 Å². The number of aryl methyl sites for hydroxylation is 1. The van der Waals surface area contributed by atoms with Gasteiger partial charge in [-0.1, -0.05) is 6.07 Å². The molecule has 0 saturated heterocycles. The number of aromatic nitrogens is 1. The lowest BCUT2D eigenvalue weighted by atomic mass is 10.1. The molecule has 0 bridgehead atoms. The SMILES string of the molecule is Cc1nccc2ccc(S(C)(=O)=O)cc12. The monoisotopic (exact) mass is 221 g/mol. The Bertz CT molecular complexity index is 618. The van der Waals surface area contributed by atoms with Crippen molar-refractivity contribution in [3.63, 3.8) is 0 Å². The van der Waals surface area contributed by atoms with E-state index in [9.17, 15) is 8.42 Å². The Hall–Kier alpha value is -1.42. The molecule has 0 aliphatic carbocycles. The van der Waals surface area contributed by atoms with Crippen LogP contribution in [0.15, 0.2) is 35.4 Å². The summed E-state index contributed by atoms with van der Waals surface area (Å²) in [5.41, 5.74) is 0.845. The molecule has 0 N–H and O–H groups in total. The molecule has 0 spiro atoms. The zero-order valence-electron chi connectivity index (χ0n) is 8.56. The van der Waals surface area contributed by atoms with Crippen LogP contribution in [0.4, 0.5) is 0 Å². The number of sulfone groups is 1. The van der Waals surface area contributed by atoms with Gasteiger partial charge < -0.3 is 0 Å². The van der Waals surface area contributed by atoms with Crippen LogP contribution in [0, 0.1) is 6.92 Å². The molecule has 1 heterocycles. The highest BCUT2D eigenvalue weighted by Crippen LogP contribution is 2.20. The quantitative estimate of drug-likeness (QED) is 0.739. The Morgan fingerprint density at radius 2 is 1.93 bits per heavy atom. The molecule has 0 atom stereocenters. The van der Waals surface area contributed by atoms with Crippen molar-refractivity contribution in [3.05, 3.63) is 36.2 Å². The number of pyridine rings is 1. The highest BCUT2D eigenvalue weighted by atomic mass is 32.2. The van der Waals surface area contributed by atoms with Crippen molar-refractivity contribution >= 4 is 20.6 Å². The van der Waals surface area contributed by atoms with Gasteiger partial charge >= 0.3 is 0 Å². The largest absolute Gasteiger partial charge is 0.261 e. The molecule has 3 nitrogen and oxygen atoms in total. The van der Waals surface area contributed by atoms with Crippen molar-refractivity contribution in [3.8, 4) is 0 Å². The van der Waals surface area contributed by atoms with E-state index >= 15 is 0 Å². The van der Waals surface area contributed by atoms with E-state index in [0.717, 1.165) is 16.5 Å². The lowest BCUT2D eigenvalue weighted by Crippen LogP contribution is -1.97. The Labute approximate surface area is 88.7 Å². The van der Waals surface area contributed by atoms with Crippen LogP contribution >= 0.6 is 0 Å². The van der Waals surface area contributed by atoms with E-state index < -0.39 is 9.84 Å². The standard InChI is InChI=1S/C11H11NO2S/c1-8-11-7-10(15(2,13)14)4-3-9(11)5-6-12-8/h3-7H,1-2H3. The maximum absolute atomic E-state index is 11.4. The van der Waals surface area contributed by atoms with Gasteiger partial charge in [0.1, 0.15) is 0 Å². The van der Waals surface area contributed by atoms with Gasteiger partial charge in [-0.3, -0.25) is 4.98 Å². The zero-order chi connectivity index (χ0) is 11.1. The van der Waals surface area contributed by atoms with Crippen LogP contribution in [0.3, 0.4) is 0 Å². The minimum Gasteiger partial charge on any atom is -0.261 e. The molecule has 1 aromatic heterocycles. The Balaban J connectivity index is 2.81. The van der Waals surface area contributed by atoms with Crippen LogP contribution in [-0.2, 0) is 9.84 Å². The van der Waals surface area contributed by atoms with E-state index in [1.807, 2.05) is 13.0 Å². The lowest BCUT2D eigenvalue weighted by molar-refractivity contribution is 0.602. The molecule has 2 aromatic rings. The first-order valence-corrected chi connectivity index (χ1v) is 6.43. The Morgan fingerprint density at radius 1 is 1.20 bits per heavy atom. The molecule has 0 fully saturated rings. The molecule has 4 heteroatoms. The molecule has 0 unspecified atom stereocenters. The second-order valence-electron chi connectivity index (χ2n) is 3.55. The maximum atomic E-state index is 11.4. The van der Waals surface area contributed by atoms with Gasteiger partial charge in [-0.05, 0) is 30.5 Å². The number of rotatable bonds is 1. The predicted molar refractivity (Wildman–Crippen MR) is 59.6 cm³/mol. The van der Waals surface area contributed by atoms with E-state index in [1.54, 1.807) is 24.4 Å². The van der Waals surface area contributed by atoms with Crippen LogP contribution < -0.4 is 0 Å². The van der Waals surface area contributed by atoms with Crippen molar-refractivity contribution in [2.24, 2.45) is 0 Å². The minimum absolute atomic E-state index is 0.339. The molecule has 0 radical (unpaired) electrons. The second-order valence-corrected chi connectivity index (χ2v) is 5.57. The molecule has 15 heavy (non-hydrogen) atoms. The molecule has 0 amide bonds. The summed E-state index contributed by atoms with van der Waals surface area (Å²) in [6, 6.07) is 6.97. The number of hydrogen-bond acceptors (Lipinski definition) is 3. The minimum atomic E-state index is -3.14. The van der Waals surface area contributed by atoms with Crippen LogP contribution in [-0.4, -0.2) is 19.7 Å². The first-order chi connectivity index (χ1) is 6.98. The van der Waals surface area contributed by atoms with E-state index in [2.05, 4.69) is 4.98 Å². The van der Waals surface area contributed by atoms with Gasteiger partial charge in [-0.15, -0.1) is 0 Å². The van der Waals surface area contributed by atoms with Crippen molar-refractivity contribution < 1.29 is 8.42 Å². The first kappa shape index (κ1) is 10.1. The Kier molecular flexibility index (Phi) is 2.23. The fourth-order valence-electron chi connectivity index (χ4n) is 1.52. The fourth-order valence-corrected chi connectivity index (χ4v) is 2.17. The average Bonchev–Trinajstić information content (AvgIpc) is 2.16. The maximum Gasteiger partial charge on any atom is 0.175 e. The topological polar surface area (TPSA) is 47.0 Å². The summed E-state index contributed by atoms with van der Waals surface area (Å²) >= 11 is 0. The van der Waals surface area contributed by atoms with Gasteiger partial charge in [-0.2, -0.15) is 0 Å². The smallest absolute Gasteiger partial charge is 0.175 e. The summed E-state index contributed by atoms with van der Waals surface area (Å²) in [5, 5.41) is 1.90. The van der Waals surface area contributed by atoms with Gasteiger partial charge in [-0.25, -0.2) is 8.42 Å². The summed E-state index contributed by atoms with van der Waals surface area (Å²) < 4.78 is 22.7. The summed E-state index contributed by atoms with van der Waals surface area (Å²) in [7, 11) is -3.14. The van der Waals surface area contributed by atoms with Crippen LogP contribution in [0.5, 0.6) is 0 Å². The van der Waals surface area contributed by atoms with Crippen LogP contribution in [0.1, 0.15) is 5.69 Å². The van der Waals surface area contributed by atoms with E-state index in [0.29, 0.717) is 4.90 Å². The van der Waals surface area contributed by atoms with Gasteiger partial charge in [0.25, 0.3) is 0 Å². The van der Waals surface area contributed by atoms with E-state index in [-0.39, 0.29) is 0 Å². The predicted octanol–water partition coefficient (Wildman–Crippen LogP) is 1.95. The number of fused-ring (bicyclic) bond motifs is 1. The normalized spacial score (nSPS) is 11.9. The molecule has 2 rings (SSSR count). The third kappa shape index (κ3) is 1.85. The molecular weight excluding hydrogens is 210 g/mol. The van der Waals surface area contributed by atoms with Gasteiger partial charge in [0.15, 0.2) is 9.84 Å². The summed E-state index contributed by atoms with van der Waals surface area (Å²) in [6.45, 7) is 1.87. The zero-order valence-corrected chi connectivity index (χ0v) is 9.38. The van der Waals surface area contributed by atoms with Gasteiger partial charge in [0.2, 0.25) is 0 Å². The summed E-state index contributed by atoms with van der Waals surface area (Å²) in [4.78, 5) is 4.47. The molecule has 0 saturated carbocycles. The second kappa shape index (κ2) is 3.31. The summed E-state index contributed by atoms with van der Waals surface area (Å²) in [5.74, 6) is 0. The first-order valence-electron chi connectivity index (χ1n) is 4.54. The fraction of sp³-hybridized carbons (Fsp3) is 0.182. The van der Waals surface area contributed by atoms with Crippen molar-refractivity contribution in [2.45, 2.75) is 11.8 Å². The highest BCUT2D eigenvalue weighted by molar-refractivity contribution is 7.90. The third-order valence-corrected chi connectivity index (χ3v) is 3.48. The molecule has 0 aliphatic rings. The molecule has 0 aliphatic heterocycles. The number of benzene rings is 1. The Morgan fingerprint density at radius 3 is 2.60 bits per heavy atom. The van der Waals surface area contributed by atoms with Crippen LogP contribution in [0.25, 0.3) is 10.8 Å². The highest BCUT2D eigenvalue weighted by Gasteiger charge is 2.08. The van der Waals surface area contributed by atoms with Crippen molar-refractivity contribution in [2.75, 3.05) is 6.26 Å². The van der Waals surface area contributed by atoms with Gasteiger partial charge in [0, 0.05) is 23.5 Å².